The van der Waals surface area contributed by atoms with Gasteiger partial charge < -0.3 is 9.64 Å². The molecular formula is C17H19NO4. The lowest BCUT2D eigenvalue weighted by Crippen LogP contribution is -2.56. The largest absolute Gasteiger partial charge is 0.467 e. The summed E-state index contributed by atoms with van der Waals surface area (Å²) in [6.07, 6.45) is 2.55. The molecular weight excluding hydrogens is 282 g/mol. The van der Waals surface area contributed by atoms with E-state index >= 15 is 0 Å². The monoisotopic (exact) mass is 301 g/mol. The fourth-order valence-corrected chi connectivity index (χ4v) is 3.74. The molecule has 2 saturated heterocycles. The van der Waals surface area contributed by atoms with Crippen LogP contribution in [0.25, 0.3) is 0 Å². The second-order valence-corrected chi connectivity index (χ2v) is 5.94. The lowest BCUT2D eigenvalue weighted by atomic mass is 9.88. The number of hydrogen-bond acceptors (Lipinski definition) is 4. The molecule has 2 heterocycles. The molecule has 2 atom stereocenters. The number of esters is 1. The van der Waals surface area contributed by atoms with Gasteiger partial charge in [-0.05, 0) is 37.8 Å². The Balaban J connectivity index is 2.06. The lowest BCUT2D eigenvalue weighted by molar-refractivity contribution is -0.153. The van der Waals surface area contributed by atoms with Crippen molar-refractivity contribution in [2.24, 2.45) is 0 Å². The highest BCUT2D eigenvalue weighted by Gasteiger charge is 2.57. The highest BCUT2D eigenvalue weighted by molar-refractivity contribution is 6.02. The Hall–Kier alpha value is -2.17. The maximum atomic E-state index is 13.0. The first-order valence-corrected chi connectivity index (χ1v) is 7.60. The van der Waals surface area contributed by atoms with Crippen LogP contribution in [0.2, 0.25) is 0 Å². The molecule has 0 N–H and O–H groups in total. The third kappa shape index (κ3) is 2.12. The van der Waals surface area contributed by atoms with E-state index in [1.165, 1.54) is 12.0 Å². The van der Waals surface area contributed by atoms with E-state index in [2.05, 4.69) is 0 Å². The maximum absolute atomic E-state index is 13.0. The van der Waals surface area contributed by atoms with Crippen LogP contribution in [-0.4, -0.2) is 41.3 Å². The number of fused-ring (bicyclic) bond motifs is 2. The van der Waals surface area contributed by atoms with Crippen molar-refractivity contribution >= 4 is 17.7 Å². The van der Waals surface area contributed by atoms with Crippen molar-refractivity contribution in [1.29, 1.82) is 0 Å². The molecule has 5 heteroatoms. The summed E-state index contributed by atoms with van der Waals surface area (Å²) < 4.78 is 4.97. The van der Waals surface area contributed by atoms with Gasteiger partial charge in [0.05, 0.1) is 13.2 Å². The molecule has 2 aliphatic heterocycles. The minimum Gasteiger partial charge on any atom is -0.467 e. The first-order chi connectivity index (χ1) is 10.6. The molecule has 0 unspecified atom stereocenters. The van der Waals surface area contributed by atoms with Gasteiger partial charge in [0.15, 0.2) is 5.78 Å². The number of hydrogen-bond donors (Lipinski definition) is 0. The van der Waals surface area contributed by atoms with Crippen LogP contribution in [-0.2, 0) is 14.3 Å². The third-order valence-corrected chi connectivity index (χ3v) is 4.79. The van der Waals surface area contributed by atoms with Crippen molar-refractivity contribution in [3.05, 3.63) is 35.9 Å². The van der Waals surface area contributed by atoms with E-state index in [1.807, 2.05) is 6.07 Å². The lowest BCUT2D eigenvalue weighted by Gasteiger charge is -2.36. The molecule has 0 aromatic heterocycles. The second kappa shape index (κ2) is 5.55. The standard InChI is InChI=1S/C17H19NO4/c1-22-16(21)17-10-5-8-14(19)13(9-11-17)18(17)15(20)12-6-3-2-4-7-12/h2-4,6-7,13H,5,8-11H2,1H3/t13-,17-/m0/s1. The normalized spacial score (nSPS) is 27.4. The molecule has 1 amide bonds. The quantitative estimate of drug-likeness (QED) is 0.783. The molecule has 2 fully saturated rings. The summed E-state index contributed by atoms with van der Waals surface area (Å²) in [6.45, 7) is 0. The number of ether oxygens (including phenoxy) is 1. The van der Waals surface area contributed by atoms with Gasteiger partial charge in [0.2, 0.25) is 0 Å². The number of carbonyl (C=O) groups excluding carboxylic acids is 3. The number of carbonyl (C=O) groups is 3. The molecule has 1 aromatic carbocycles. The van der Waals surface area contributed by atoms with E-state index in [9.17, 15) is 14.4 Å². The van der Waals surface area contributed by atoms with E-state index in [0.29, 0.717) is 37.7 Å². The van der Waals surface area contributed by atoms with Crippen molar-refractivity contribution in [3.8, 4) is 0 Å². The van der Waals surface area contributed by atoms with Gasteiger partial charge in [-0.2, -0.15) is 0 Å². The van der Waals surface area contributed by atoms with Crippen molar-refractivity contribution in [1.82, 2.24) is 4.90 Å². The fraction of sp³-hybridized carbons (Fsp3) is 0.471. The summed E-state index contributed by atoms with van der Waals surface area (Å²) in [5.74, 6) is -0.620. The minimum atomic E-state index is -0.988. The second-order valence-electron chi connectivity index (χ2n) is 5.94. The van der Waals surface area contributed by atoms with E-state index in [1.54, 1.807) is 24.3 Å². The SMILES string of the molecule is COC(=O)[C@]12CCCC(=O)[C@H](CC1)N2C(=O)c1ccccc1. The number of methoxy groups -OCH3 is 1. The summed E-state index contributed by atoms with van der Waals surface area (Å²) in [5, 5.41) is 0. The van der Waals surface area contributed by atoms with Crippen LogP contribution in [0.15, 0.2) is 30.3 Å². The Morgan fingerprint density at radius 1 is 1.23 bits per heavy atom. The van der Waals surface area contributed by atoms with Crippen LogP contribution in [0.4, 0.5) is 0 Å². The van der Waals surface area contributed by atoms with E-state index in [0.717, 1.165) is 0 Å². The van der Waals surface area contributed by atoms with E-state index in [-0.39, 0.29) is 11.7 Å². The van der Waals surface area contributed by atoms with Crippen LogP contribution in [0.1, 0.15) is 42.5 Å². The molecule has 116 valence electrons. The van der Waals surface area contributed by atoms with Crippen LogP contribution in [0, 0.1) is 0 Å². The summed E-state index contributed by atoms with van der Waals surface area (Å²) in [5.41, 5.74) is -0.490. The van der Waals surface area contributed by atoms with Gasteiger partial charge in [0.25, 0.3) is 5.91 Å². The van der Waals surface area contributed by atoms with Crippen LogP contribution >= 0.6 is 0 Å². The topological polar surface area (TPSA) is 63.7 Å². The predicted molar refractivity (Wildman–Crippen MR) is 79.2 cm³/mol. The first kappa shape index (κ1) is 14.8. The summed E-state index contributed by atoms with van der Waals surface area (Å²) in [4.78, 5) is 39.2. The summed E-state index contributed by atoms with van der Waals surface area (Å²) in [7, 11) is 1.34. The third-order valence-electron chi connectivity index (χ3n) is 4.79. The fourth-order valence-electron chi connectivity index (χ4n) is 3.74. The van der Waals surface area contributed by atoms with Crippen molar-refractivity contribution in [2.45, 2.75) is 43.7 Å². The number of nitrogens with zero attached hydrogens (tertiary/aromatic N) is 1. The van der Waals surface area contributed by atoms with Gasteiger partial charge in [-0.25, -0.2) is 4.79 Å². The smallest absolute Gasteiger partial charge is 0.331 e. The Morgan fingerprint density at radius 3 is 2.64 bits per heavy atom. The molecule has 2 bridgehead atoms. The number of rotatable bonds is 2. The molecule has 0 saturated carbocycles. The molecule has 0 aliphatic carbocycles. The van der Waals surface area contributed by atoms with Gasteiger partial charge in [0.1, 0.15) is 5.54 Å². The summed E-state index contributed by atoms with van der Waals surface area (Å²) in [6, 6.07) is 8.30. The molecule has 2 aliphatic rings. The Bertz CT molecular complexity index is 612. The van der Waals surface area contributed by atoms with Crippen molar-refractivity contribution in [2.75, 3.05) is 7.11 Å². The Morgan fingerprint density at radius 2 is 1.95 bits per heavy atom. The van der Waals surface area contributed by atoms with Gasteiger partial charge >= 0.3 is 5.97 Å². The molecule has 5 nitrogen and oxygen atoms in total. The van der Waals surface area contributed by atoms with Crippen molar-refractivity contribution < 1.29 is 19.1 Å². The highest BCUT2D eigenvalue weighted by atomic mass is 16.5. The van der Waals surface area contributed by atoms with Gasteiger partial charge in [-0.15, -0.1) is 0 Å². The average Bonchev–Trinajstić information content (AvgIpc) is 2.87. The number of Topliss-reactive ketones (excluding diaryl/α,β-unsaturated/α-hetero) is 1. The zero-order valence-electron chi connectivity index (χ0n) is 12.6. The molecule has 3 rings (SSSR count). The van der Waals surface area contributed by atoms with E-state index in [4.69, 9.17) is 4.74 Å². The molecule has 0 spiro atoms. The molecule has 1 aromatic rings. The summed E-state index contributed by atoms with van der Waals surface area (Å²) >= 11 is 0. The maximum Gasteiger partial charge on any atom is 0.331 e. The van der Waals surface area contributed by atoms with Crippen molar-refractivity contribution in [3.63, 3.8) is 0 Å². The molecule has 22 heavy (non-hydrogen) atoms. The highest BCUT2D eigenvalue weighted by Crippen LogP contribution is 2.43. The number of benzene rings is 1. The molecule has 0 radical (unpaired) electrons. The van der Waals surface area contributed by atoms with Crippen LogP contribution in [0.3, 0.4) is 0 Å². The number of amides is 1. The van der Waals surface area contributed by atoms with Crippen LogP contribution in [0.5, 0.6) is 0 Å². The zero-order valence-corrected chi connectivity index (χ0v) is 12.6. The van der Waals surface area contributed by atoms with Gasteiger partial charge in [0, 0.05) is 12.0 Å². The zero-order chi connectivity index (χ0) is 15.7. The average molecular weight is 301 g/mol. The first-order valence-electron chi connectivity index (χ1n) is 7.60. The number of ketones is 1. The van der Waals surface area contributed by atoms with Gasteiger partial charge in [-0.3, -0.25) is 9.59 Å². The van der Waals surface area contributed by atoms with Crippen LogP contribution < -0.4 is 0 Å². The van der Waals surface area contributed by atoms with E-state index < -0.39 is 17.6 Å². The Kier molecular flexibility index (Phi) is 3.72. The minimum absolute atomic E-state index is 0.0487. The van der Waals surface area contributed by atoms with Gasteiger partial charge in [-0.1, -0.05) is 18.2 Å². The Labute approximate surface area is 129 Å². The predicted octanol–water partition coefficient (Wildman–Crippen LogP) is 1.96.